The second kappa shape index (κ2) is 10.2. The van der Waals surface area contributed by atoms with Crippen molar-refractivity contribution in [3.8, 4) is 16.8 Å². The minimum Gasteiger partial charge on any atom is -0.337 e. The third-order valence-corrected chi connectivity index (χ3v) is 5.33. The number of anilines is 2. The van der Waals surface area contributed by atoms with Gasteiger partial charge in [-0.1, -0.05) is 18.2 Å². The molecule has 34 heavy (non-hydrogen) atoms. The number of urea groups is 1. The average molecular weight is 457 g/mol. The Hall–Kier alpha value is -4.17. The quantitative estimate of drug-likeness (QED) is 0.386. The maximum atomic E-state index is 12.0. The third-order valence-electron chi connectivity index (χ3n) is 5.33. The SMILES string of the molecule is CC(=O)Nc1ccc(-n2cnc3ccc(-c4ccc(NC(=O)NCCN(C)C)cc4)cc32)cc1. The molecule has 0 radical (unpaired) electrons. The van der Waals surface area contributed by atoms with Crippen molar-refractivity contribution in [2.75, 3.05) is 37.8 Å². The molecule has 8 nitrogen and oxygen atoms in total. The van der Waals surface area contributed by atoms with E-state index < -0.39 is 0 Å². The van der Waals surface area contributed by atoms with Crippen molar-refractivity contribution in [2.45, 2.75) is 6.92 Å². The van der Waals surface area contributed by atoms with Gasteiger partial charge in [-0.15, -0.1) is 0 Å². The zero-order chi connectivity index (χ0) is 24.1. The molecule has 0 spiro atoms. The monoisotopic (exact) mass is 456 g/mol. The average Bonchev–Trinajstić information content (AvgIpc) is 3.23. The lowest BCUT2D eigenvalue weighted by Gasteiger charge is -2.11. The fourth-order valence-electron chi connectivity index (χ4n) is 3.62. The number of carbonyl (C=O) groups is 2. The van der Waals surface area contributed by atoms with Crippen molar-refractivity contribution < 1.29 is 9.59 Å². The van der Waals surface area contributed by atoms with Gasteiger partial charge in [-0.25, -0.2) is 9.78 Å². The third kappa shape index (κ3) is 5.60. The van der Waals surface area contributed by atoms with Crippen LogP contribution in [0, 0.1) is 0 Å². The topological polar surface area (TPSA) is 91.3 Å². The van der Waals surface area contributed by atoms with Crippen LogP contribution in [0.1, 0.15) is 6.92 Å². The largest absolute Gasteiger partial charge is 0.337 e. The number of carbonyl (C=O) groups excluding carboxylic acids is 2. The summed E-state index contributed by atoms with van der Waals surface area (Å²) in [6.45, 7) is 2.86. The number of likely N-dealkylation sites (N-methyl/N-ethyl adjacent to an activating group) is 1. The number of nitrogens with zero attached hydrogens (tertiary/aromatic N) is 3. The van der Waals surface area contributed by atoms with Gasteiger partial charge in [-0.3, -0.25) is 9.36 Å². The Balaban J connectivity index is 1.50. The van der Waals surface area contributed by atoms with Crippen LogP contribution in [0.25, 0.3) is 27.8 Å². The molecule has 1 aromatic heterocycles. The van der Waals surface area contributed by atoms with Gasteiger partial charge in [0.1, 0.15) is 6.33 Å². The Morgan fingerprint density at radius 3 is 2.21 bits per heavy atom. The molecule has 3 amide bonds. The molecule has 8 heteroatoms. The van der Waals surface area contributed by atoms with Gasteiger partial charge < -0.3 is 20.9 Å². The van der Waals surface area contributed by atoms with Gasteiger partial charge in [-0.2, -0.15) is 0 Å². The van der Waals surface area contributed by atoms with Gasteiger partial charge in [0.05, 0.1) is 11.0 Å². The van der Waals surface area contributed by atoms with Gasteiger partial charge in [0, 0.05) is 37.1 Å². The van der Waals surface area contributed by atoms with Crippen molar-refractivity contribution in [2.24, 2.45) is 0 Å². The molecule has 0 bridgehead atoms. The van der Waals surface area contributed by atoms with E-state index in [9.17, 15) is 9.59 Å². The predicted molar refractivity (Wildman–Crippen MR) is 136 cm³/mol. The number of rotatable bonds is 7. The fourth-order valence-corrected chi connectivity index (χ4v) is 3.62. The first kappa shape index (κ1) is 23.0. The van der Waals surface area contributed by atoms with Crippen LogP contribution in [0.3, 0.4) is 0 Å². The van der Waals surface area contributed by atoms with Crippen LogP contribution >= 0.6 is 0 Å². The Bertz CT molecular complexity index is 1290. The lowest BCUT2D eigenvalue weighted by molar-refractivity contribution is -0.114. The van der Waals surface area contributed by atoms with Crippen molar-refractivity contribution in [1.29, 1.82) is 0 Å². The highest BCUT2D eigenvalue weighted by molar-refractivity contribution is 5.90. The maximum absolute atomic E-state index is 12.0. The van der Waals surface area contributed by atoms with E-state index in [0.29, 0.717) is 6.54 Å². The standard InChI is InChI=1S/C26H28N6O2/c1-18(33)29-21-9-11-23(12-10-21)32-17-28-24-13-6-20(16-25(24)32)19-4-7-22(8-5-19)30-26(34)27-14-15-31(2)3/h4-13,16-17H,14-15H2,1-3H3,(H,29,33)(H2,27,30,34). The summed E-state index contributed by atoms with van der Waals surface area (Å²) < 4.78 is 2.02. The minimum atomic E-state index is -0.218. The summed E-state index contributed by atoms with van der Waals surface area (Å²) >= 11 is 0. The Morgan fingerprint density at radius 1 is 0.882 bits per heavy atom. The number of imidazole rings is 1. The van der Waals surface area contributed by atoms with E-state index in [4.69, 9.17) is 0 Å². The van der Waals surface area contributed by atoms with Crippen LogP contribution in [0.5, 0.6) is 0 Å². The van der Waals surface area contributed by atoms with Gasteiger partial charge in [0.15, 0.2) is 0 Å². The lowest BCUT2D eigenvalue weighted by Crippen LogP contribution is -2.34. The molecule has 3 N–H and O–H groups in total. The van der Waals surface area contributed by atoms with E-state index >= 15 is 0 Å². The molecule has 4 aromatic rings. The molecule has 3 aromatic carbocycles. The van der Waals surface area contributed by atoms with E-state index in [0.717, 1.165) is 45.8 Å². The Labute approximate surface area is 198 Å². The summed E-state index contributed by atoms with van der Waals surface area (Å²) in [6.07, 6.45) is 1.80. The molecule has 0 fully saturated rings. The normalized spacial score (nSPS) is 10.9. The molecular formula is C26H28N6O2. The first-order valence-corrected chi connectivity index (χ1v) is 11.0. The van der Waals surface area contributed by atoms with E-state index in [1.54, 1.807) is 6.33 Å². The van der Waals surface area contributed by atoms with Crippen molar-refractivity contribution in [1.82, 2.24) is 19.8 Å². The predicted octanol–water partition coefficient (Wildman–Crippen LogP) is 4.33. The van der Waals surface area contributed by atoms with Crippen molar-refractivity contribution >= 4 is 34.3 Å². The zero-order valence-electron chi connectivity index (χ0n) is 19.5. The zero-order valence-corrected chi connectivity index (χ0v) is 19.5. The number of fused-ring (bicyclic) bond motifs is 1. The summed E-state index contributed by atoms with van der Waals surface area (Å²) in [4.78, 5) is 29.8. The highest BCUT2D eigenvalue weighted by Gasteiger charge is 2.08. The Morgan fingerprint density at radius 2 is 1.53 bits per heavy atom. The number of benzene rings is 3. The van der Waals surface area contributed by atoms with E-state index in [1.807, 2.05) is 84.2 Å². The second-order valence-corrected chi connectivity index (χ2v) is 8.31. The van der Waals surface area contributed by atoms with E-state index in [-0.39, 0.29) is 11.9 Å². The van der Waals surface area contributed by atoms with E-state index in [1.165, 1.54) is 6.92 Å². The van der Waals surface area contributed by atoms with E-state index in [2.05, 4.69) is 27.0 Å². The number of nitrogens with one attached hydrogen (secondary N) is 3. The van der Waals surface area contributed by atoms with Gasteiger partial charge in [0.25, 0.3) is 0 Å². The lowest BCUT2D eigenvalue weighted by atomic mass is 10.0. The smallest absolute Gasteiger partial charge is 0.319 e. The summed E-state index contributed by atoms with van der Waals surface area (Å²) in [7, 11) is 3.93. The number of hydrogen-bond acceptors (Lipinski definition) is 4. The first-order valence-electron chi connectivity index (χ1n) is 11.0. The summed E-state index contributed by atoms with van der Waals surface area (Å²) in [5.74, 6) is -0.100. The highest BCUT2D eigenvalue weighted by atomic mass is 16.2. The van der Waals surface area contributed by atoms with Gasteiger partial charge >= 0.3 is 6.03 Å². The molecule has 0 unspecified atom stereocenters. The minimum absolute atomic E-state index is 0.100. The molecule has 0 saturated heterocycles. The molecular weight excluding hydrogens is 428 g/mol. The highest BCUT2D eigenvalue weighted by Crippen LogP contribution is 2.27. The number of hydrogen-bond donors (Lipinski definition) is 3. The molecule has 0 saturated carbocycles. The maximum Gasteiger partial charge on any atom is 0.319 e. The molecule has 174 valence electrons. The molecule has 0 atom stereocenters. The molecule has 0 aliphatic carbocycles. The van der Waals surface area contributed by atoms with Gasteiger partial charge in [-0.05, 0) is 73.8 Å². The molecule has 0 aliphatic heterocycles. The van der Waals surface area contributed by atoms with Gasteiger partial charge in [0.2, 0.25) is 5.91 Å². The van der Waals surface area contributed by atoms with Crippen LogP contribution in [0.4, 0.5) is 16.2 Å². The molecule has 0 aliphatic rings. The van der Waals surface area contributed by atoms with Crippen LogP contribution in [-0.4, -0.2) is 53.6 Å². The summed E-state index contributed by atoms with van der Waals surface area (Å²) in [5, 5.41) is 8.48. The molecule has 4 rings (SSSR count). The molecule has 1 heterocycles. The summed E-state index contributed by atoms with van der Waals surface area (Å²) in [5.41, 5.74) is 6.39. The Kier molecular flexibility index (Phi) is 6.89. The van der Waals surface area contributed by atoms with Crippen LogP contribution in [-0.2, 0) is 4.79 Å². The second-order valence-electron chi connectivity index (χ2n) is 8.31. The summed E-state index contributed by atoms with van der Waals surface area (Å²) in [6, 6.07) is 21.3. The van der Waals surface area contributed by atoms with Crippen LogP contribution in [0.2, 0.25) is 0 Å². The van der Waals surface area contributed by atoms with Crippen molar-refractivity contribution in [3.63, 3.8) is 0 Å². The number of amides is 3. The first-order chi connectivity index (χ1) is 16.4. The van der Waals surface area contributed by atoms with Crippen LogP contribution < -0.4 is 16.0 Å². The van der Waals surface area contributed by atoms with Crippen LogP contribution in [0.15, 0.2) is 73.1 Å². The fraction of sp³-hybridized carbons (Fsp3) is 0.192. The van der Waals surface area contributed by atoms with Crippen molar-refractivity contribution in [3.05, 3.63) is 73.1 Å². The number of aromatic nitrogens is 2.